The highest BCUT2D eigenvalue weighted by Crippen LogP contribution is 2.28. The van der Waals surface area contributed by atoms with Crippen molar-refractivity contribution in [2.75, 3.05) is 0 Å². The summed E-state index contributed by atoms with van der Waals surface area (Å²) < 4.78 is 6.46. The minimum Gasteiger partial charge on any atom is -0.487 e. The van der Waals surface area contributed by atoms with Crippen LogP contribution < -0.4 is 4.74 Å². The molecule has 0 aliphatic rings. The number of halogens is 2. The second-order valence-electron chi connectivity index (χ2n) is 3.87. The predicted molar refractivity (Wildman–Crippen MR) is 76.9 cm³/mol. The zero-order valence-corrected chi connectivity index (χ0v) is 12.1. The monoisotopic (exact) mass is 340 g/mol. The number of rotatable bonds is 4. The number of benzene rings is 2. The lowest BCUT2D eigenvalue weighted by Crippen LogP contribution is -1.99. The molecule has 0 heterocycles. The van der Waals surface area contributed by atoms with Gasteiger partial charge in [-0.15, -0.1) is 0 Å². The minimum atomic E-state index is -0.941. The van der Waals surface area contributed by atoms with Crippen molar-refractivity contribution in [1.29, 1.82) is 0 Å². The smallest absolute Gasteiger partial charge is 0.335 e. The van der Waals surface area contributed by atoms with Gasteiger partial charge in [-0.3, -0.25) is 0 Å². The van der Waals surface area contributed by atoms with Crippen molar-refractivity contribution < 1.29 is 14.6 Å². The number of hydrogen-bond acceptors (Lipinski definition) is 2. The number of carboxylic acids is 1. The molecule has 98 valence electrons. The summed E-state index contributed by atoms with van der Waals surface area (Å²) >= 11 is 9.35. The van der Waals surface area contributed by atoms with Crippen molar-refractivity contribution >= 4 is 33.5 Å². The summed E-state index contributed by atoms with van der Waals surface area (Å²) in [5, 5.41) is 9.32. The molecule has 0 saturated heterocycles. The van der Waals surface area contributed by atoms with Crippen LogP contribution in [-0.4, -0.2) is 11.1 Å². The standard InChI is InChI=1S/C14H10BrClO3/c15-11-5-6-13(12(16)7-11)19-8-9-1-3-10(4-2-9)14(17)18/h1-7H,8H2,(H,17,18). The highest BCUT2D eigenvalue weighted by molar-refractivity contribution is 9.10. The molecule has 0 amide bonds. The fourth-order valence-corrected chi connectivity index (χ4v) is 2.22. The van der Waals surface area contributed by atoms with Gasteiger partial charge in [-0.05, 0) is 35.9 Å². The molecule has 1 N–H and O–H groups in total. The molecule has 2 aromatic rings. The molecule has 5 heteroatoms. The Labute approximate surface area is 123 Å². The average Bonchev–Trinajstić information content (AvgIpc) is 2.38. The second-order valence-corrected chi connectivity index (χ2v) is 5.19. The molecule has 19 heavy (non-hydrogen) atoms. The van der Waals surface area contributed by atoms with Crippen molar-refractivity contribution in [3.05, 3.63) is 63.1 Å². The number of aromatic carboxylic acids is 1. The van der Waals surface area contributed by atoms with Crippen LogP contribution in [-0.2, 0) is 6.61 Å². The van der Waals surface area contributed by atoms with Gasteiger partial charge in [0.25, 0.3) is 0 Å². The van der Waals surface area contributed by atoms with Gasteiger partial charge >= 0.3 is 5.97 Å². The molecule has 0 radical (unpaired) electrons. The number of carboxylic acid groups (broad SMARTS) is 1. The lowest BCUT2D eigenvalue weighted by molar-refractivity contribution is 0.0697. The highest BCUT2D eigenvalue weighted by atomic mass is 79.9. The SMILES string of the molecule is O=C(O)c1ccc(COc2ccc(Br)cc2Cl)cc1. The van der Waals surface area contributed by atoms with Gasteiger partial charge in [-0.1, -0.05) is 39.7 Å². The number of ether oxygens (including phenoxy) is 1. The summed E-state index contributed by atoms with van der Waals surface area (Å²) in [6.45, 7) is 0.335. The Bertz CT molecular complexity index is 596. The van der Waals surface area contributed by atoms with Crippen LogP contribution in [0, 0.1) is 0 Å². The first kappa shape index (κ1) is 13.9. The molecule has 2 aromatic carbocycles. The van der Waals surface area contributed by atoms with Crippen molar-refractivity contribution in [2.45, 2.75) is 6.61 Å². The Balaban J connectivity index is 2.04. The Morgan fingerprint density at radius 2 is 1.89 bits per heavy atom. The van der Waals surface area contributed by atoms with E-state index in [1.54, 1.807) is 36.4 Å². The summed E-state index contributed by atoms with van der Waals surface area (Å²) in [6.07, 6.45) is 0. The van der Waals surface area contributed by atoms with Crippen LogP contribution in [0.5, 0.6) is 5.75 Å². The molecule has 3 nitrogen and oxygen atoms in total. The molecule has 0 saturated carbocycles. The van der Waals surface area contributed by atoms with E-state index in [0.717, 1.165) is 10.0 Å². The van der Waals surface area contributed by atoms with E-state index in [9.17, 15) is 4.79 Å². The zero-order valence-electron chi connectivity index (χ0n) is 9.77. The van der Waals surface area contributed by atoms with E-state index < -0.39 is 5.97 Å². The van der Waals surface area contributed by atoms with Gasteiger partial charge in [0.2, 0.25) is 0 Å². The van der Waals surface area contributed by atoms with Gasteiger partial charge in [-0.2, -0.15) is 0 Å². The maximum atomic E-state index is 10.7. The molecule has 0 aliphatic heterocycles. The fraction of sp³-hybridized carbons (Fsp3) is 0.0714. The summed E-state index contributed by atoms with van der Waals surface area (Å²) in [5.74, 6) is -0.351. The first-order valence-electron chi connectivity index (χ1n) is 5.46. The molecule has 0 atom stereocenters. The molecule has 0 unspecified atom stereocenters. The summed E-state index contributed by atoms with van der Waals surface area (Å²) in [4.78, 5) is 10.7. The predicted octanol–water partition coefficient (Wildman–Crippen LogP) is 4.38. The van der Waals surface area contributed by atoms with E-state index in [4.69, 9.17) is 21.4 Å². The minimum absolute atomic E-state index is 0.255. The van der Waals surface area contributed by atoms with E-state index in [1.165, 1.54) is 0 Å². The van der Waals surface area contributed by atoms with Crippen molar-refractivity contribution in [3.8, 4) is 5.75 Å². The van der Waals surface area contributed by atoms with E-state index in [1.807, 2.05) is 6.07 Å². The highest BCUT2D eigenvalue weighted by Gasteiger charge is 2.04. The van der Waals surface area contributed by atoms with Gasteiger partial charge in [0, 0.05) is 4.47 Å². The summed E-state index contributed by atoms with van der Waals surface area (Å²) in [6, 6.07) is 11.9. The third-order valence-corrected chi connectivity index (χ3v) is 3.28. The Morgan fingerprint density at radius 3 is 2.47 bits per heavy atom. The van der Waals surface area contributed by atoms with Crippen molar-refractivity contribution in [2.24, 2.45) is 0 Å². The normalized spacial score (nSPS) is 10.2. The quantitative estimate of drug-likeness (QED) is 0.897. The van der Waals surface area contributed by atoms with Gasteiger partial charge < -0.3 is 9.84 Å². The van der Waals surface area contributed by atoms with E-state index >= 15 is 0 Å². The third kappa shape index (κ3) is 3.72. The molecular weight excluding hydrogens is 332 g/mol. The van der Waals surface area contributed by atoms with Crippen LogP contribution in [0.15, 0.2) is 46.9 Å². The molecule has 2 rings (SSSR count). The van der Waals surface area contributed by atoms with E-state index in [-0.39, 0.29) is 5.56 Å². The molecule has 0 spiro atoms. The number of hydrogen-bond donors (Lipinski definition) is 1. The third-order valence-electron chi connectivity index (χ3n) is 2.49. The van der Waals surface area contributed by atoms with Crippen molar-refractivity contribution in [3.63, 3.8) is 0 Å². The maximum Gasteiger partial charge on any atom is 0.335 e. The average molecular weight is 342 g/mol. The van der Waals surface area contributed by atoms with Crippen LogP contribution in [0.25, 0.3) is 0 Å². The summed E-state index contributed by atoms with van der Waals surface area (Å²) in [5.41, 5.74) is 1.13. The number of carbonyl (C=O) groups is 1. The zero-order chi connectivity index (χ0) is 13.8. The molecule has 0 fully saturated rings. The van der Waals surface area contributed by atoms with Crippen LogP contribution in [0.4, 0.5) is 0 Å². The topological polar surface area (TPSA) is 46.5 Å². The van der Waals surface area contributed by atoms with E-state index in [0.29, 0.717) is 17.4 Å². The lowest BCUT2D eigenvalue weighted by Gasteiger charge is -2.08. The maximum absolute atomic E-state index is 10.7. The summed E-state index contributed by atoms with van der Waals surface area (Å²) in [7, 11) is 0. The van der Waals surface area contributed by atoms with Crippen LogP contribution in [0.3, 0.4) is 0 Å². The van der Waals surface area contributed by atoms with E-state index in [2.05, 4.69) is 15.9 Å². The van der Waals surface area contributed by atoms with Crippen LogP contribution >= 0.6 is 27.5 Å². The second kappa shape index (κ2) is 6.08. The van der Waals surface area contributed by atoms with Crippen LogP contribution in [0.2, 0.25) is 5.02 Å². The Kier molecular flexibility index (Phi) is 4.45. The first-order chi connectivity index (χ1) is 9.06. The molecule has 0 aromatic heterocycles. The van der Waals surface area contributed by atoms with Gasteiger partial charge in [0.15, 0.2) is 0 Å². The molecule has 0 aliphatic carbocycles. The van der Waals surface area contributed by atoms with Gasteiger partial charge in [-0.25, -0.2) is 4.79 Å². The molecular formula is C14H10BrClO3. The fourth-order valence-electron chi connectivity index (χ4n) is 1.50. The van der Waals surface area contributed by atoms with Gasteiger partial charge in [0.05, 0.1) is 10.6 Å². The van der Waals surface area contributed by atoms with Gasteiger partial charge in [0.1, 0.15) is 12.4 Å². The molecule has 0 bridgehead atoms. The lowest BCUT2D eigenvalue weighted by atomic mass is 10.1. The Morgan fingerprint density at radius 1 is 1.21 bits per heavy atom. The first-order valence-corrected chi connectivity index (χ1v) is 6.63. The van der Waals surface area contributed by atoms with Crippen molar-refractivity contribution in [1.82, 2.24) is 0 Å². The van der Waals surface area contributed by atoms with Crippen LogP contribution in [0.1, 0.15) is 15.9 Å². The largest absolute Gasteiger partial charge is 0.487 e. The Hall–Kier alpha value is -1.52.